The van der Waals surface area contributed by atoms with E-state index in [9.17, 15) is 10.2 Å². The number of hydrogen-bond acceptors (Lipinski definition) is 6. The molecular weight excluding hydrogens is 356 g/mol. The highest BCUT2D eigenvalue weighted by Crippen LogP contribution is 2.22. The fraction of sp³-hybridized carbons (Fsp3) is 0.300. The number of phenols is 2. The second kappa shape index (κ2) is 8.08. The van der Waals surface area contributed by atoms with Gasteiger partial charge in [0, 0.05) is 11.4 Å². The molecule has 148 valence electrons. The SMILES string of the molecule is CC(C)(/N=N/C(C)(C)C(=N)Nc1ccc(O)cc1)C(=N)Nc1ccc(O)cc1. The van der Waals surface area contributed by atoms with E-state index < -0.39 is 11.1 Å². The second-order valence-electron chi connectivity index (χ2n) is 7.41. The lowest BCUT2D eigenvalue weighted by molar-refractivity contribution is 0.475. The van der Waals surface area contributed by atoms with Crippen molar-refractivity contribution in [2.45, 2.75) is 38.8 Å². The third-order valence-electron chi connectivity index (χ3n) is 4.05. The smallest absolute Gasteiger partial charge is 0.133 e. The predicted molar refractivity (Wildman–Crippen MR) is 112 cm³/mol. The molecule has 0 heterocycles. The van der Waals surface area contributed by atoms with Crippen LogP contribution in [-0.2, 0) is 0 Å². The van der Waals surface area contributed by atoms with Crippen molar-refractivity contribution in [3.63, 3.8) is 0 Å². The molecule has 0 fully saturated rings. The zero-order chi connectivity index (χ0) is 20.9. The molecular formula is C20H26N6O2. The summed E-state index contributed by atoms with van der Waals surface area (Å²) in [6.45, 7) is 7.00. The first-order valence-corrected chi connectivity index (χ1v) is 8.74. The van der Waals surface area contributed by atoms with Gasteiger partial charge in [-0.15, -0.1) is 0 Å². The number of anilines is 2. The first-order valence-electron chi connectivity index (χ1n) is 8.74. The summed E-state index contributed by atoms with van der Waals surface area (Å²) in [6.07, 6.45) is 0. The first-order chi connectivity index (χ1) is 13.0. The third kappa shape index (κ3) is 5.54. The van der Waals surface area contributed by atoms with Crippen molar-refractivity contribution in [1.82, 2.24) is 0 Å². The summed E-state index contributed by atoms with van der Waals surface area (Å²) in [7, 11) is 0. The summed E-state index contributed by atoms with van der Waals surface area (Å²) < 4.78 is 0. The molecule has 8 heteroatoms. The van der Waals surface area contributed by atoms with Crippen LogP contribution < -0.4 is 10.6 Å². The molecule has 28 heavy (non-hydrogen) atoms. The minimum absolute atomic E-state index is 0.135. The molecule has 0 saturated heterocycles. The molecule has 2 rings (SSSR count). The molecule has 0 amide bonds. The molecule has 0 saturated carbocycles. The van der Waals surface area contributed by atoms with Gasteiger partial charge >= 0.3 is 0 Å². The van der Waals surface area contributed by atoms with Crippen LogP contribution in [0.3, 0.4) is 0 Å². The van der Waals surface area contributed by atoms with Crippen LogP contribution >= 0.6 is 0 Å². The maximum atomic E-state index is 9.34. The number of azo groups is 1. The highest BCUT2D eigenvalue weighted by molar-refractivity contribution is 6.01. The van der Waals surface area contributed by atoms with Crippen LogP contribution in [0.4, 0.5) is 11.4 Å². The fourth-order valence-corrected chi connectivity index (χ4v) is 2.03. The Kier molecular flexibility index (Phi) is 6.03. The Morgan fingerprint density at radius 1 is 0.679 bits per heavy atom. The van der Waals surface area contributed by atoms with Crippen LogP contribution in [0.15, 0.2) is 58.8 Å². The summed E-state index contributed by atoms with van der Waals surface area (Å²) in [6, 6.07) is 12.8. The summed E-state index contributed by atoms with van der Waals surface area (Å²) in [5, 5.41) is 49.7. The average Bonchev–Trinajstić information content (AvgIpc) is 2.64. The molecule has 6 N–H and O–H groups in total. The lowest BCUT2D eigenvalue weighted by Crippen LogP contribution is -2.38. The van der Waals surface area contributed by atoms with Gasteiger partial charge in [-0.25, -0.2) is 0 Å². The Hall–Kier alpha value is -3.42. The van der Waals surface area contributed by atoms with Gasteiger partial charge in [-0.3, -0.25) is 10.8 Å². The third-order valence-corrected chi connectivity index (χ3v) is 4.05. The number of phenolic OH excluding ortho intramolecular Hbond substituents is 2. The second-order valence-corrected chi connectivity index (χ2v) is 7.41. The van der Waals surface area contributed by atoms with Gasteiger partial charge < -0.3 is 20.8 Å². The molecule has 0 aliphatic rings. The van der Waals surface area contributed by atoms with Crippen molar-refractivity contribution >= 4 is 23.0 Å². The lowest BCUT2D eigenvalue weighted by Gasteiger charge is -2.25. The Balaban J connectivity index is 2.05. The van der Waals surface area contributed by atoms with Gasteiger partial charge in [0.15, 0.2) is 0 Å². The van der Waals surface area contributed by atoms with E-state index in [1.54, 1.807) is 52.0 Å². The van der Waals surface area contributed by atoms with Crippen LogP contribution in [0.1, 0.15) is 27.7 Å². The number of nitrogens with one attached hydrogen (secondary N) is 4. The largest absolute Gasteiger partial charge is 0.508 e. The molecule has 0 unspecified atom stereocenters. The van der Waals surface area contributed by atoms with Crippen molar-refractivity contribution < 1.29 is 10.2 Å². The van der Waals surface area contributed by atoms with E-state index in [1.165, 1.54) is 24.3 Å². The highest BCUT2D eigenvalue weighted by atomic mass is 16.3. The van der Waals surface area contributed by atoms with Gasteiger partial charge in [0.2, 0.25) is 0 Å². The summed E-state index contributed by atoms with van der Waals surface area (Å²) in [5.74, 6) is 0.571. The van der Waals surface area contributed by atoms with E-state index in [0.29, 0.717) is 11.4 Å². The van der Waals surface area contributed by atoms with Gasteiger partial charge in [-0.05, 0) is 76.2 Å². The topological polar surface area (TPSA) is 137 Å². The van der Waals surface area contributed by atoms with Gasteiger partial charge in [0.25, 0.3) is 0 Å². The monoisotopic (exact) mass is 382 g/mol. The predicted octanol–water partition coefficient (Wildman–Crippen LogP) is 4.59. The quantitative estimate of drug-likeness (QED) is 0.188. The van der Waals surface area contributed by atoms with Crippen LogP contribution in [0.2, 0.25) is 0 Å². The molecule has 0 aliphatic heterocycles. The Bertz CT molecular complexity index is 797. The molecule has 0 radical (unpaired) electrons. The van der Waals surface area contributed by atoms with Crippen molar-refractivity contribution in [2.24, 2.45) is 10.2 Å². The highest BCUT2D eigenvalue weighted by Gasteiger charge is 2.28. The van der Waals surface area contributed by atoms with E-state index in [4.69, 9.17) is 10.8 Å². The number of benzene rings is 2. The van der Waals surface area contributed by atoms with Crippen LogP contribution in [0, 0.1) is 10.8 Å². The number of rotatable bonds is 6. The van der Waals surface area contributed by atoms with E-state index in [0.717, 1.165) is 0 Å². The summed E-state index contributed by atoms with van der Waals surface area (Å²) in [4.78, 5) is 0. The molecule has 2 aromatic carbocycles. The van der Waals surface area contributed by atoms with Crippen molar-refractivity contribution in [3.05, 3.63) is 48.5 Å². The minimum atomic E-state index is -0.937. The van der Waals surface area contributed by atoms with Crippen molar-refractivity contribution in [1.29, 1.82) is 10.8 Å². The van der Waals surface area contributed by atoms with Crippen LogP contribution in [-0.4, -0.2) is 33.0 Å². The number of hydrogen-bond donors (Lipinski definition) is 6. The van der Waals surface area contributed by atoms with Gasteiger partial charge in [-0.2, -0.15) is 10.2 Å². The molecule has 0 spiro atoms. The standard InChI is InChI=1S/C20H26N6O2/c1-19(2,17(21)23-13-5-9-15(27)10-6-13)25-26-20(3,4)18(22)24-14-7-11-16(28)12-8-14/h5-12,27-28H,1-4H3,(H2,21,23)(H2,22,24)/b26-25+. The molecule has 0 atom stereocenters. The normalized spacial score (nSPS) is 12.0. The average molecular weight is 382 g/mol. The van der Waals surface area contributed by atoms with E-state index in [1.807, 2.05) is 0 Å². The molecule has 0 aliphatic carbocycles. The van der Waals surface area contributed by atoms with Gasteiger partial charge in [0.1, 0.15) is 34.2 Å². The maximum absolute atomic E-state index is 9.34. The fourth-order valence-electron chi connectivity index (χ4n) is 2.03. The van der Waals surface area contributed by atoms with E-state index in [2.05, 4.69) is 20.9 Å². The van der Waals surface area contributed by atoms with Crippen molar-refractivity contribution in [3.8, 4) is 11.5 Å². The summed E-state index contributed by atoms with van der Waals surface area (Å²) >= 11 is 0. The van der Waals surface area contributed by atoms with Crippen molar-refractivity contribution in [2.75, 3.05) is 10.6 Å². The first kappa shape index (κ1) is 20.9. The van der Waals surface area contributed by atoms with E-state index >= 15 is 0 Å². The van der Waals surface area contributed by atoms with Gasteiger partial charge in [-0.1, -0.05) is 0 Å². The van der Waals surface area contributed by atoms with Crippen LogP contribution in [0.5, 0.6) is 11.5 Å². The Morgan fingerprint density at radius 2 is 0.964 bits per heavy atom. The van der Waals surface area contributed by atoms with Gasteiger partial charge in [0.05, 0.1) is 0 Å². The zero-order valence-electron chi connectivity index (χ0n) is 16.4. The maximum Gasteiger partial charge on any atom is 0.133 e. The number of nitrogens with zero attached hydrogens (tertiary/aromatic N) is 2. The summed E-state index contributed by atoms with van der Waals surface area (Å²) in [5.41, 5.74) is -0.554. The Morgan fingerprint density at radius 3 is 1.25 bits per heavy atom. The number of amidine groups is 2. The Labute approximate surface area is 164 Å². The molecule has 8 nitrogen and oxygen atoms in total. The lowest BCUT2D eigenvalue weighted by atomic mass is 10.0. The molecule has 2 aromatic rings. The molecule has 0 aromatic heterocycles. The number of aromatic hydroxyl groups is 2. The van der Waals surface area contributed by atoms with E-state index in [-0.39, 0.29) is 23.2 Å². The zero-order valence-corrected chi connectivity index (χ0v) is 16.4. The minimum Gasteiger partial charge on any atom is -0.508 e. The van der Waals surface area contributed by atoms with Crippen LogP contribution in [0.25, 0.3) is 0 Å². The molecule has 0 bridgehead atoms.